The van der Waals surface area contributed by atoms with Crippen molar-refractivity contribution in [3.63, 3.8) is 0 Å². The van der Waals surface area contributed by atoms with E-state index < -0.39 is 0 Å². The Balaban J connectivity index is 2.18. The largest absolute Gasteiger partial charge is 0.356 e. The van der Waals surface area contributed by atoms with Gasteiger partial charge in [0.15, 0.2) is 0 Å². The van der Waals surface area contributed by atoms with Crippen molar-refractivity contribution in [1.82, 2.24) is 4.90 Å². The molecule has 1 aliphatic carbocycles. The Morgan fingerprint density at radius 3 is 2.60 bits per heavy atom. The van der Waals surface area contributed by atoms with Crippen molar-refractivity contribution in [3.8, 4) is 0 Å². The summed E-state index contributed by atoms with van der Waals surface area (Å²) in [5.41, 5.74) is 0.0198. The van der Waals surface area contributed by atoms with Gasteiger partial charge in [-0.05, 0) is 58.3 Å². The molecule has 2 aliphatic rings. The molecule has 114 valence electrons. The van der Waals surface area contributed by atoms with Gasteiger partial charge >= 0.3 is 0 Å². The minimum absolute atomic E-state index is 0.0198. The third kappa shape index (κ3) is 3.65. The first-order valence-electron chi connectivity index (χ1n) is 8.36. The maximum absolute atomic E-state index is 4.80. The molecule has 0 aromatic rings. The maximum atomic E-state index is 4.80. The van der Waals surface area contributed by atoms with E-state index in [1.807, 2.05) is 0 Å². The third-order valence-corrected chi connectivity index (χ3v) is 5.04. The number of piperidine rings is 1. The van der Waals surface area contributed by atoms with Crippen LogP contribution in [0.25, 0.3) is 0 Å². The monoisotopic (exact) mass is 276 g/mol. The van der Waals surface area contributed by atoms with E-state index in [-0.39, 0.29) is 5.54 Å². The van der Waals surface area contributed by atoms with Crippen molar-refractivity contribution in [1.29, 1.82) is 0 Å². The van der Waals surface area contributed by atoms with Crippen LogP contribution in [0.4, 0.5) is 0 Å². The fourth-order valence-corrected chi connectivity index (χ4v) is 3.96. The average molecular weight is 276 g/mol. The highest BCUT2D eigenvalue weighted by Crippen LogP contribution is 2.41. The molecule has 4 atom stereocenters. The topological polar surface area (TPSA) is 15.6 Å². The molecule has 0 aromatic carbocycles. The van der Waals surface area contributed by atoms with Gasteiger partial charge in [0.25, 0.3) is 0 Å². The van der Waals surface area contributed by atoms with Crippen LogP contribution in [0.3, 0.4) is 0 Å². The lowest BCUT2D eigenvalue weighted by atomic mass is 9.70. The van der Waals surface area contributed by atoms with Gasteiger partial charge in [-0.15, -0.1) is 6.58 Å². The number of rotatable bonds is 3. The van der Waals surface area contributed by atoms with Crippen LogP contribution in [0.5, 0.6) is 0 Å². The van der Waals surface area contributed by atoms with Crippen molar-refractivity contribution in [3.05, 3.63) is 12.7 Å². The van der Waals surface area contributed by atoms with E-state index in [1.165, 1.54) is 32.1 Å². The first-order valence-corrected chi connectivity index (χ1v) is 8.36. The second kappa shape index (κ2) is 6.32. The van der Waals surface area contributed by atoms with Crippen molar-refractivity contribution in [2.75, 3.05) is 0 Å². The van der Waals surface area contributed by atoms with Gasteiger partial charge in [-0.1, -0.05) is 25.8 Å². The quantitative estimate of drug-likeness (QED) is 0.416. The van der Waals surface area contributed by atoms with Crippen LogP contribution in [0.2, 0.25) is 0 Å². The normalized spacial score (nSPS) is 35.1. The molecular formula is C18H32N2. The molecule has 0 bridgehead atoms. The predicted octanol–water partition coefficient (Wildman–Crippen LogP) is 4.66. The highest BCUT2D eigenvalue weighted by molar-refractivity contribution is 5.57. The third-order valence-electron chi connectivity index (χ3n) is 5.04. The SMILES string of the molecule is C=CC[C@@H]1CC[C@H]2[C@H](C)CCC[C@H]2N1C=NC(C)(C)C. The Labute approximate surface area is 125 Å². The van der Waals surface area contributed by atoms with Crippen LogP contribution in [0.15, 0.2) is 17.6 Å². The second-order valence-corrected chi connectivity index (χ2v) is 7.76. The second-order valence-electron chi connectivity index (χ2n) is 7.76. The molecule has 0 aromatic heterocycles. The van der Waals surface area contributed by atoms with E-state index in [4.69, 9.17) is 4.99 Å². The summed E-state index contributed by atoms with van der Waals surface area (Å²) >= 11 is 0. The molecule has 1 saturated carbocycles. The van der Waals surface area contributed by atoms with Gasteiger partial charge < -0.3 is 4.90 Å². The molecule has 2 nitrogen and oxygen atoms in total. The van der Waals surface area contributed by atoms with Crippen LogP contribution in [0.1, 0.15) is 66.2 Å². The zero-order chi connectivity index (χ0) is 14.8. The zero-order valence-electron chi connectivity index (χ0n) is 13.8. The van der Waals surface area contributed by atoms with Crippen molar-refractivity contribution < 1.29 is 0 Å². The van der Waals surface area contributed by atoms with Crippen LogP contribution >= 0.6 is 0 Å². The molecule has 2 fully saturated rings. The van der Waals surface area contributed by atoms with Gasteiger partial charge in [-0.3, -0.25) is 4.99 Å². The Kier molecular flexibility index (Phi) is 4.93. The first-order chi connectivity index (χ1) is 9.42. The molecule has 2 heteroatoms. The smallest absolute Gasteiger partial charge is 0.0861 e. The molecule has 0 spiro atoms. The van der Waals surface area contributed by atoms with Crippen LogP contribution in [0, 0.1) is 11.8 Å². The fraction of sp³-hybridized carbons (Fsp3) is 0.833. The highest BCUT2D eigenvalue weighted by atomic mass is 15.2. The number of fused-ring (bicyclic) bond motifs is 1. The molecule has 0 N–H and O–H groups in total. The van der Waals surface area contributed by atoms with E-state index in [0.29, 0.717) is 12.1 Å². The molecule has 0 amide bonds. The average Bonchev–Trinajstić information content (AvgIpc) is 2.37. The summed E-state index contributed by atoms with van der Waals surface area (Å²) in [7, 11) is 0. The molecule has 2 rings (SSSR count). The van der Waals surface area contributed by atoms with E-state index >= 15 is 0 Å². The molecular weight excluding hydrogens is 244 g/mol. The van der Waals surface area contributed by atoms with Crippen molar-refractivity contribution >= 4 is 6.34 Å². The van der Waals surface area contributed by atoms with Gasteiger partial charge in [0, 0.05) is 12.1 Å². The molecule has 1 saturated heterocycles. The molecule has 0 radical (unpaired) electrons. The van der Waals surface area contributed by atoms with Crippen molar-refractivity contribution in [2.24, 2.45) is 16.8 Å². The number of hydrogen-bond acceptors (Lipinski definition) is 1. The fourth-order valence-electron chi connectivity index (χ4n) is 3.96. The van der Waals surface area contributed by atoms with Gasteiger partial charge in [-0.25, -0.2) is 0 Å². The Morgan fingerprint density at radius 1 is 1.20 bits per heavy atom. The van der Waals surface area contributed by atoms with E-state index in [1.54, 1.807) is 0 Å². The van der Waals surface area contributed by atoms with Gasteiger partial charge in [0.1, 0.15) is 0 Å². The summed E-state index contributed by atoms with van der Waals surface area (Å²) in [6.07, 6.45) is 12.2. The standard InChI is InChI=1S/C18H32N2/c1-6-8-15-11-12-16-14(2)9-7-10-17(16)20(15)13-19-18(3,4)5/h6,13-17H,1,7-12H2,2-5H3/t14-,15-,16+,17-/m1/s1. The summed E-state index contributed by atoms with van der Waals surface area (Å²) in [6, 6.07) is 1.33. The van der Waals surface area contributed by atoms with Crippen LogP contribution in [-0.2, 0) is 0 Å². The number of hydrogen-bond donors (Lipinski definition) is 0. The maximum Gasteiger partial charge on any atom is 0.0861 e. The van der Waals surface area contributed by atoms with E-state index in [9.17, 15) is 0 Å². The van der Waals surface area contributed by atoms with Gasteiger partial charge in [-0.2, -0.15) is 0 Å². The highest BCUT2D eigenvalue weighted by Gasteiger charge is 2.39. The van der Waals surface area contributed by atoms with Gasteiger partial charge in [0.05, 0.1) is 11.9 Å². The predicted molar refractivity (Wildman–Crippen MR) is 88.2 cm³/mol. The minimum atomic E-state index is 0.0198. The van der Waals surface area contributed by atoms with E-state index in [2.05, 4.69) is 51.6 Å². The zero-order valence-corrected chi connectivity index (χ0v) is 13.8. The summed E-state index contributed by atoms with van der Waals surface area (Å²) < 4.78 is 0. The summed E-state index contributed by atoms with van der Waals surface area (Å²) in [5, 5.41) is 0. The number of likely N-dealkylation sites (tertiary alicyclic amines) is 1. The molecule has 20 heavy (non-hydrogen) atoms. The molecule has 0 unspecified atom stereocenters. The first kappa shape index (κ1) is 15.6. The number of aliphatic imine (C=N–C) groups is 1. The van der Waals surface area contributed by atoms with Crippen molar-refractivity contribution in [2.45, 2.75) is 83.8 Å². The van der Waals surface area contributed by atoms with Crippen LogP contribution in [-0.4, -0.2) is 28.9 Å². The molecule has 1 aliphatic heterocycles. The number of nitrogens with zero attached hydrogens (tertiary/aromatic N) is 2. The van der Waals surface area contributed by atoms with E-state index in [0.717, 1.165) is 18.3 Å². The lowest BCUT2D eigenvalue weighted by Gasteiger charge is -2.50. The summed E-state index contributed by atoms with van der Waals surface area (Å²) in [5.74, 6) is 1.75. The lowest BCUT2D eigenvalue weighted by Crippen LogP contribution is -2.53. The lowest BCUT2D eigenvalue weighted by molar-refractivity contribution is 0.0459. The van der Waals surface area contributed by atoms with Gasteiger partial charge in [0.2, 0.25) is 0 Å². The summed E-state index contributed by atoms with van der Waals surface area (Å²) in [4.78, 5) is 7.39. The Morgan fingerprint density at radius 2 is 1.95 bits per heavy atom. The summed E-state index contributed by atoms with van der Waals surface area (Å²) in [6.45, 7) is 12.9. The molecule has 1 heterocycles. The Bertz CT molecular complexity index is 353. The Hall–Kier alpha value is -0.790. The minimum Gasteiger partial charge on any atom is -0.356 e. The van der Waals surface area contributed by atoms with Crippen LogP contribution < -0.4 is 0 Å².